The molecule has 0 aliphatic rings. The van der Waals surface area contributed by atoms with Crippen LogP contribution in [-0.2, 0) is 4.79 Å². The van der Waals surface area contributed by atoms with E-state index < -0.39 is 18.0 Å². The molecule has 5 aromatic rings. The highest BCUT2D eigenvalue weighted by atomic mass is 16.5. The van der Waals surface area contributed by atoms with Crippen LogP contribution in [0.1, 0.15) is 22.8 Å². The first kappa shape index (κ1) is 25.5. The molecule has 7 nitrogen and oxygen atoms in total. The number of hydrogen-bond acceptors (Lipinski definition) is 6. The Bertz CT molecular complexity index is 1680. The number of ether oxygens (including phenoxy) is 3. The molecule has 0 unspecified atom stereocenters. The van der Waals surface area contributed by atoms with Gasteiger partial charge >= 0.3 is 5.97 Å². The van der Waals surface area contributed by atoms with Gasteiger partial charge < -0.3 is 14.2 Å². The number of methoxy groups -OCH3 is 1. The minimum atomic E-state index is -0.789. The van der Waals surface area contributed by atoms with Gasteiger partial charge in [-0.05, 0) is 70.9 Å². The van der Waals surface area contributed by atoms with Crippen LogP contribution in [0.5, 0.6) is 17.2 Å². The summed E-state index contributed by atoms with van der Waals surface area (Å²) in [5, 5.41) is 8.01. The molecule has 0 spiro atoms. The molecule has 0 saturated carbocycles. The molecule has 7 heteroatoms. The van der Waals surface area contributed by atoms with Gasteiger partial charge in [0, 0.05) is 5.56 Å². The summed E-state index contributed by atoms with van der Waals surface area (Å²) in [5.74, 6) is 0.593. The van der Waals surface area contributed by atoms with E-state index in [4.69, 9.17) is 14.2 Å². The standard InChI is InChI=1S/C32H26N2O5/c1-21(38-27-17-11-22-7-3-4-9-25(22)19-27)31(35)34-33-20-29-28-10-6-5-8-23(28)14-18-30(29)39-32(36)24-12-15-26(37-2)16-13-24/h3-21H,1-2H3,(H,34,35)/b33-20-/t21-/m1/s1. The Morgan fingerprint density at radius 2 is 1.46 bits per heavy atom. The van der Waals surface area contributed by atoms with Crippen LogP contribution in [-0.4, -0.2) is 31.3 Å². The first-order valence-electron chi connectivity index (χ1n) is 12.4. The maximum Gasteiger partial charge on any atom is 0.343 e. The fourth-order valence-corrected chi connectivity index (χ4v) is 4.13. The number of carbonyl (C=O) groups is 2. The minimum Gasteiger partial charge on any atom is -0.497 e. The zero-order valence-corrected chi connectivity index (χ0v) is 21.5. The Balaban J connectivity index is 1.32. The summed E-state index contributed by atoms with van der Waals surface area (Å²) in [5.41, 5.74) is 3.46. The van der Waals surface area contributed by atoms with E-state index in [2.05, 4.69) is 10.5 Å². The quantitative estimate of drug-likeness (QED) is 0.115. The average Bonchev–Trinajstić information content (AvgIpc) is 2.97. The van der Waals surface area contributed by atoms with Gasteiger partial charge in [0.05, 0.1) is 18.9 Å². The summed E-state index contributed by atoms with van der Waals surface area (Å²) in [6.45, 7) is 1.65. The number of nitrogens with zero attached hydrogens (tertiary/aromatic N) is 1. The summed E-state index contributed by atoms with van der Waals surface area (Å²) in [6, 6.07) is 31.4. The highest BCUT2D eigenvalue weighted by Gasteiger charge is 2.16. The summed E-state index contributed by atoms with van der Waals surface area (Å²) in [6.07, 6.45) is 0.683. The maximum atomic E-state index is 12.8. The van der Waals surface area contributed by atoms with Crippen LogP contribution < -0.4 is 19.6 Å². The van der Waals surface area contributed by atoms with Crippen molar-refractivity contribution < 1.29 is 23.8 Å². The minimum absolute atomic E-state index is 0.313. The van der Waals surface area contributed by atoms with Crippen molar-refractivity contribution in [2.75, 3.05) is 7.11 Å². The van der Waals surface area contributed by atoms with Crippen LogP contribution in [0.4, 0.5) is 0 Å². The number of benzene rings is 5. The van der Waals surface area contributed by atoms with E-state index in [0.29, 0.717) is 28.4 Å². The summed E-state index contributed by atoms with van der Waals surface area (Å²) in [4.78, 5) is 25.6. The van der Waals surface area contributed by atoms with Crippen LogP contribution in [0.25, 0.3) is 21.5 Å². The van der Waals surface area contributed by atoms with Crippen LogP contribution >= 0.6 is 0 Å². The van der Waals surface area contributed by atoms with Gasteiger partial charge in [-0.25, -0.2) is 10.2 Å². The van der Waals surface area contributed by atoms with E-state index in [1.165, 1.54) is 6.21 Å². The fraction of sp³-hybridized carbons (Fsp3) is 0.0938. The first-order valence-corrected chi connectivity index (χ1v) is 12.4. The molecule has 0 heterocycles. The Labute approximate surface area is 225 Å². The molecule has 5 aromatic carbocycles. The second-order valence-electron chi connectivity index (χ2n) is 8.82. The number of fused-ring (bicyclic) bond motifs is 2. The highest BCUT2D eigenvalue weighted by molar-refractivity contribution is 6.04. The molecule has 0 radical (unpaired) electrons. The molecule has 0 fully saturated rings. The van der Waals surface area contributed by atoms with Crippen molar-refractivity contribution in [2.45, 2.75) is 13.0 Å². The summed E-state index contributed by atoms with van der Waals surface area (Å²) >= 11 is 0. The normalized spacial score (nSPS) is 11.8. The van der Waals surface area contributed by atoms with Gasteiger partial charge in [0.1, 0.15) is 17.2 Å². The van der Waals surface area contributed by atoms with Crippen LogP contribution in [0, 0.1) is 0 Å². The lowest BCUT2D eigenvalue weighted by Crippen LogP contribution is -2.33. The largest absolute Gasteiger partial charge is 0.497 e. The van der Waals surface area contributed by atoms with Gasteiger partial charge in [-0.3, -0.25) is 4.79 Å². The Hall–Kier alpha value is -5.17. The molecule has 0 bridgehead atoms. The smallest absolute Gasteiger partial charge is 0.343 e. The third-order valence-electron chi connectivity index (χ3n) is 6.23. The lowest BCUT2D eigenvalue weighted by Gasteiger charge is -2.14. The topological polar surface area (TPSA) is 86.2 Å². The first-order chi connectivity index (χ1) is 19.0. The molecule has 1 atom stereocenters. The van der Waals surface area contributed by atoms with Gasteiger partial charge in [-0.15, -0.1) is 0 Å². The second kappa shape index (κ2) is 11.5. The second-order valence-corrected chi connectivity index (χ2v) is 8.82. The molecule has 194 valence electrons. The zero-order valence-electron chi connectivity index (χ0n) is 21.5. The maximum absolute atomic E-state index is 12.8. The predicted molar refractivity (Wildman–Crippen MR) is 152 cm³/mol. The van der Waals surface area contributed by atoms with Gasteiger partial charge in [-0.1, -0.05) is 60.7 Å². The van der Waals surface area contributed by atoms with Crippen molar-refractivity contribution in [3.63, 3.8) is 0 Å². The Morgan fingerprint density at radius 1 is 0.795 bits per heavy atom. The van der Waals surface area contributed by atoms with Gasteiger partial charge in [0.25, 0.3) is 5.91 Å². The van der Waals surface area contributed by atoms with Crippen molar-refractivity contribution in [3.8, 4) is 17.2 Å². The molecule has 0 aliphatic heterocycles. The molecule has 0 aromatic heterocycles. The lowest BCUT2D eigenvalue weighted by molar-refractivity contribution is -0.127. The third-order valence-corrected chi connectivity index (χ3v) is 6.23. The summed E-state index contributed by atoms with van der Waals surface area (Å²) < 4.78 is 16.7. The van der Waals surface area contributed by atoms with E-state index in [9.17, 15) is 9.59 Å². The van der Waals surface area contributed by atoms with Gasteiger partial charge in [0.15, 0.2) is 6.10 Å². The van der Waals surface area contributed by atoms with E-state index in [1.54, 1.807) is 44.4 Å². The monoisotopic (exact) mass is 518 g/mol. The van der Waals surface area contributed by atoms with Gasteiger partial charge in [0.2, 0.25) is 0 Å². The highest BCUT2D eigenvalue weighted by Crippen LogP contribution is 2.28. The third kappa shape index (κ3) is 5.88. The molecule has 1 N–H and O–H groups in total. The van der Waals surface area contributed by atoms with Crippen molar-refractivity contribution in [1.29, 1.82) is 0 Å². The molecule has 39 heavy (non-hydrogen) atoms. The van der Waals surface area contributed by atoms with Crippen molar-refractivity contribution in [1.82, 2.24) is 5.43 Å². The van der Waals surface area contributed by atoms with Gasteiger partial charge in [-0.2, -0.15) is 5.10 Å². The number of hydrogen-bond donors (Lipinski definition) is 1. The van der Waals surface area contributed by atoms with Crippen molar-refractivity contribution in [2.24, 2.45) is 5.10 Å². The van der Waals surface area contributed by atoms with Crippen molar-refractivity contribution >= 4 is 39.6 Å². The van der Waals surface area contributed by atoms with E-state index >= 15 is 0 Å². The Morgan fingerprint density at radius 3 is 2.23 bits per heavy atom. The number of hydrazone groups is 1. The molecule has 0 aliphatic carbocycles. The molecule has 1 amide bonds. The number of amides is 1. The molecular formula is C32H26N2O5. The van der Waals surface area contributed by atoms with Crippen molar-refractivity contribution in [3.05, 3.63) is 114 Å². The average molecular weight is 519 g/mol. The molecular weight excluding hydrogens is 492 g/mol. The molecule has 0 saturated heterocycles. The van der Waals surface area contributed by atoms with Crippen LogP contribution in [0.15, 0.2) is 108 Å². The number of rotatable bonds is 8. The van der Waals surface area contributed by atoms with Crippen LogP contribution in [0.3, 0.4) is 0 Å². The predicted octanol–water partition coefficient (Wildman–Crippen LogP) is 6.14. The Kier molecular flexibility index (Phi) is 7.50. The van der Waals surface area contributed by atoms with E-state index in [0.717, 1.165) is 21.5 Å². The SMILES string of the molecule is COc1ccc(C(=O)Oc2ccc3ccccc3c2/C=N\NC(=O)[C@@H](C)Oc2ccc3ccccc3c2)cc1. The number of nitrogens with one attached hydrogen (secondary N) is 1. The van der Waals surface area contributed by atoms with Crippen LogP contribution in [0.2, 0.25) is 0 Å². The zero-order chi connectivity index (χ0) is 27.2. The number of carbonyl (C=O) groups excluding carboxylic acids is 2. The van der Waals surface area contributed by atoms with E-state index in [1.807, 2.05) is 72.8 Å². The van der Waals surface area contributed by atoms with E-state index in [-0.39, 0.29) is 0 Å². The lowest BCUT2D eigenvalue weighted by atomic mass is 10.0. The summed E-state index contributed by atoms with van der Waals surface area (Å²) in [7, 11) is 1.56. The number of esters is 1. The fourth-order valence-electron chi connectivity index (χ4n) is 4.13. The molecule has 5 rings (SSSR count).